The van der Waals surface area contributed by atoms with E-state index in [1.165, 1.54) is 0 Å². The number of ether oxygens (including phenoxy) is 1. The second-order valence-corrected chi connectivity index (χ2v) is 2.94. The molecular formula is C6H11BrO2. The van der Waals surface area contributed by atoms with Crippen LogP contribution in [0.3, 0.4) is 0 Å². The van der Waals surface area contributed by atoms with Crippen molar-refractivity contribution in [1.29, 1.82) is 0 Å². The summed E-state index contributed by atoms with van der Waals surface area (Å²) < 4.78 is 5.36. The van der Waals surface area contributed by atoms with Crippen LogP contribution >= 0.6 is 15.9 Å². The molecule has 2 nitrogen and oxygen atoms in total. The Bertz CT molecular complexity index is 77.1. The lowest BCUT2D eigenvalue weighted by atomic mass is 10.2. The molecule has 54 valence electrons. The number of aliphatic hydroxyl groups excluding tert-OH is 1. The lowest BCUT2D eigenvalue weighted by molar-refractivity contribution is 0.0222. The van der Waals surface area contributed by atoms with Gasteiger partial charge in [0.2, 0.25) is 0 Å². The maximum Gasteiger partial charge on any atom is 0.0810 e. The highest BCUT2D eigenvalue weighted by Crippen LogP contribution is 2.20. The lowest BCUT2D eigenvalue weighted by Gasteiger charge is -2.07. The highest BCUT2D eigenvalue weighted by Gasteiger charge is 2.22. The predicted octanol–water partition coefficient (Wildman–Crippen LogP) is 0.921. The molecule has 2 atom stereocenters. The maximum absolute atomic E-state index is 8.64. The summed E-state index contributed by atoms with van der Waals surface area (Å²) in [5, 5.41) is 9.53. The Labute approximate surface area is 63.3 Å². The first-order valence-electron chi connectivity index (χ1n) is 3.19. The van der Waals surface area contributed by atoms with E-state index < -0.39 is 0 Å². The Hall–Kier alpha value is 0.400. The van der Waals surface area contributed by atoms with Crippen LogP contribution in [-0.4, -0.2) is 29.3 Å². The topological polar surface area (TPSA) is 29.5 Å². The van der Waals surface area contributed by atoms with E-state index >= 15 is 0 Å². The summed E-state index contributed by atoms with van der Waals surface area (Å²) in [6.07, 6.45) is 2.53. The molecule has 0 amide bonds. The van der Waals surface area contributed by atoms with E-state index in [9.17, 15) is 0 Å². The van der Waals surface area contributed by atoms with Crippen molar-refractivity contribution in [3.63, 3.8) is 0 Å². The van der Waals surface area contributed by atoms with Crippen molar-refractivity contribution >= 4 is 15.9 Å². The molecule has 1 N–H and O–H groups in total. The van der Waals surface area contributed by atoms with Crippen LogP contribution in [0.25, 0.3) is 0 Å². The maximum atomic E-state index is 8.64. The third kappa shape index (κ3) is 1.92. The fraction of sp³-hybridized carbons (Fsp3) is 1.00. The lowest BCUT2D eigenvalue weighted by Crippen LogP contribution is -2.14. The van der Waals surface area contributed by atoms with E-state index in [0.29, 0.717) is 6.10 Å². The zero-order chi connectivity index (χ0) is 6.69. The van der Waals surface area contributed by atoms with Gasteiger partial charge in [-0.25, -0.2) is 0 Å². The van der Waals surface area contributed by atoms with Gasteiger partial charge >= 0.3 is 0 Å². The van der Waals surface area contributed by atoms with E-state index in [1.54, 1.807) is 0 Å². The fourth-order valence-corrected chi connectivity index (χ4v) is 1.50. The Morgan fingerprint density at radius 2 is 2.11 bits per heavy atom. The van der Waals surface area contributed by atoms with Gasteiger partial charge in [0.15, 0.2) is 0 Å². The Morgan fingerprint density at radius 3 is 2.44 bits per heavy atom. The van der Waals surface area contributed by atoms with Gasteiger partial charge in [-0.05, 0) is 12.8 Å². The highest BCUT2D eigenvalue weighted by molar-refractivity contribution is 9.09. The summed E-state index contributed by atoms with van der Waals surface area (Å²) in [5.74, 6) is 0. The van der Waals surface area contributed by atoms with E-state index in [1.807, 2.05) is 0 Å². The molecule has 0 aliphatic carbocycles. The summed E-state index contributed by atoms with van der Waals surface area (Å²) in [6, 6.07) is 0. The zero-order valence-electron chi connectivity index (χ0n) is 5.22. The van der Waals surface area contributed by atoms with Gasteiger partial charge in [-0.3, -0.25) is 0 Å². The molecule has 0 saturated carbocycles. The Kier molecular flexibility index (Phi) is 2.95. The van der Waals surface area contributed by atoms with Crippen LogP contribution in [0.2, 0.25) is 0 Å². The van der Waals surface area contributed by atoms with Crippen LogP contribution < -0.4 is 0 Å². The van der Waals surface area contributed by atoms with Crippen molar-refractivity contribution in [2.45, 2.75) is 25.0 Å². The smallest absolute Gasteiger partial charge is 0.0810 e. The van der Waals surface area contributed by atoms with E-state index in [4.69, 9.17) is 9.84 Å². The van der Waals surface area contributed by atoms with E-state index in [2.05, 4.69) is 15.9 Å². The molecule has 0 aromatic carbocycles. The number of aliphatic hydroxyl groups is 1. The first-order chi connectivity index (χ1) is 4.36. The summed E-state index contributed by atoms with van der Waals surface area (Å²) >= 11 is 3.33. The minimum atomic E-state index is 0.104. The molecule has 1 aliphatic heterocycles. The minimum absolute atomic E-state index is 0.104. The molecule has 1 saturated heterocycles. The van der Waals surface area contributed by atoms with E-state index in [-0.39, 0.29) is 12.7 Å². The largest absolute Gasteiger partial charge is 0.394 e. The molecule has 0 bridgehead atoms. The number of hydrogen-bond donors (Lipinski definition) is 1. The number of halogens is 1. The summed E-state index contributed by atoms with van der Waals surface area (Å²) in [5.41, 5.74) is 0. The van der Waals surface area contributed by atoms with Crippen LogP contribution in [-0.2, 0) is 4.74 Å². The molecule has 2 unspecified atom stereocenters. The third-order valence-electron chi connectivity index (χ3n) is 1.57. The Morgan fingerprint density at radius 1 is 1.44 bits per heavy atom. The molecule has 9 heavy (non-hydrogen) atoms. The predicted molar refractivity (Wildman–Crippen MR) is 38.8 cm³/mol. The van der Waals surface area contributed by atoms with Gasteiger partial charge in [0.25, 0.3) is 0 Å². The van der Waals surface area contributed by atoms with Crippen molar-refractivity contribution in [3.8, 4) is 0 Å². The Balaban J connectivity index is 2.20. The van der Waals surface area contributed by atoms with Crippen molar-refractivity contribution in [3.05, 3.63) is 0 Å². The van der Waals surface area contributed by atoms with E-state index in [0.717, 1.165) is 18.2 Å². The monoisotopic (exact) mass is 194 g/mol. The van der Waals surface area contributed by atoms with Crippen molar-refractivity contribution in [2.75, 3.05) is 11.9 Å². The summed E-state index contributed by atoms with van der Waals surface area (Å²) in [7, 11) is 0. The number of alkyl halides is 1. The second-order valence-electron chi connectivity index (χ2n) is 2.29. The second kappa shape index (κ2) is 3.54. The summed E-state index contributed by atoms with van der Waals surface area (Å²) in [6.45, 7) is 0.170. The zero-order valence-corrected chi connectivity index (χ0v) is 6.80. The average molecular weight is 195 g/mol. The highest BCUT2D eigenvalue weighted by atomic mass is 79.9. The fourth-order valence-electron chi connectivity index (χ4n) is 1.03. The molecule has 1 fully saturated rings. The third-order valence-corrected chi connectivity index (χ3v) is 2.29. The van der Waals surface area contributed by atoms with Crippen LogP contribution in [0.15, 0.2) is 0 Å². The van der Waals surface area contributed by atoms with Crippen molar-refractivity contribution in [1.82, 2.24) is 0 Å². The molecule has 0 radical (unpaired) electrons. The van der Waals surface area contributed by atoms with Gasteiger partial charge in [0, 0.05) is 5.33 Å². The number of rotatable bonds is 2. The van der Waals surface area contributed by atoms with Gasteiger partial charge in [-0.1, -0.05) is 15.9 Å². The SMILES string of the molecule is OCC1CCC(CBr)O1. The van der Waals surface area contributed by atoms with Gasteiger partial charge in [0.05, 0.1) is 18.8 Å². The van der Waals surface area contributed by atoms with Crippen molar-refractivity contribution < 1.29 is 9.84 Å². The average Bonchev–Trinajstić information content (AvgIpc) is 2.34. The van der Waals surface area contributed by atoms with Crippen molar-refractivity contribution in [2.24, 2.45) is 0 Å². The van der Waals surface area contributed by atoms with Crippen LogP contribution in [0.5, 0.6) is 0 Å². The minimum Gasteiger partial charge on any atom is -0.394 e. The molecule has 1 aliphatic rings. The molecule has 0 spiro atoms. The van der Waals surface area contributed by atoms with Crippen LogP contribution in [0, 0.1) is 0 Å². The molecular weight excluding hydrogens is 184 g/mol. The summed E-state index contributed by atoms with van der Waals surface area (Å²) in [4.78, 5) is 0. The normalized spacial score (nSPS) is 35.3. The first-order valence-corrected chi connectivity index (χ1v) is 4.31. The van der Waals surface area contributed by atoms with Gasteiger partial charge < -0.3 is 9.84 Å². The standard InChI is InChI=1S/C6H11BrO2/c7-3-5-1-2-6(4-8)9-5/h5-6,8H,1-4H2. The van der Waals surface area contributed by atoms with Crippen LogP contribution in [0.1, 0.15) is 12.8 Å². The quantitative estimate of drug-likeness (QED) is 0.664. The van der Waals surface area contributed by atoms with Crippen LogP contribution in [0.4, 0.5) is 0 Å². The van der Waals surface area contributed by atoms with Gasteiger partial charge in [0.1, 0.15) is 0 Å². The molecule has 1 heterocycles. The number of hydrogen-bond acceptors (Lipinski definition) is 2. The molecule has 1 rings (SSSR count). The van der Waals surface area contributed by atoms with Gasteiger partial charge in [-0.2, -0.15) is 0 Å². The first kappa shape index (κ1) is 7.51. The molecule has 3 heteroatoms. The molecule has 0 aromatic rings. The molecule has 0 aromatic heterocycles. The van der Waals surface area contributed by atoms with Gasteiger partial charge in [-0.15, -0.1) is 0 Å².